The molecule has 2 heterocycles. The molecule has 36 heavy (non-hydrogen) atoms. The maximum atomic E-state index is 13.3. The molecule has 192 valence electrons. The number of hydrogen-bond acceptors (Lipinski definition) is 6. The molecule has 1 N–H and O–H groups in total. The first-order chi connectivity index (χ1) is 17.4. The lowest BCUT2D eigenvalue weighted by Gasteiger charge is -2.31. The number of nitrogens with zero attached hydrogens (tertiary/aromatic N) is 3. The number of nitrogens with one attached hydrogen (secondary N) is 1. The molecule has 9 nitrogen and oxygen atoms in total. The van der Waals surface area contributed by atoms with E-state index in [1.807, 2.05) is 24.3 Å². The summed E-state index contributed by atoms with van der Waals surface area (Å²) in [5.74, 6) is 0.301. The number of hydrogen-bond donors (Lipinski definition) is 1. The Labute approximate surface area is 213 Å². The first kappa shape index (κ1) is 25.7. The van der Waals surface area contributed by atoms with Gasteiger partial charge in [0, 0.05) is 32.6 Å². The van der Waals surface area contributed by atoms with Crippen LogP contribution in [-0.2, 0) is 29.2 Å². The van der Waals surface area contributed by atoms with Crippen molar-refractivity contribution >= 4 is 33.4 Å². The van der Waals surface area contributed by atoms with Crippen LogP contribution in [-0.4, -0.2) is 46.0 Å². The van der Waals surface area contributed by atoms with Crippen molar-refractivity contribution in [3.8, 4) is 5.75 Å². The van der Waals surface area contributed by atoms with E-state index in [4.69, 9.17) is 4.74 Å². The Bertz CT molecular complexity index is 1340. The third kappa shape index (κ3) is 5.70. The number of fused-ring (bicyclic) bond motifs is 1. The molecular formula is C26H32N4O5S. The van der Waals surface area contributed by atoms with Gasteiger partial charge < -0.3 is 15.0 Å². The molecule has 2 amide bonds. The monoisotopic (exact) mass is 512 g/mol. The molecule has 1 aromatic carbocycles. The number of methoxy groups -OCH3 is 1. The summed E-state index contributed by atoms with van der Waals surface area (Å²) >= 11 is 1.23. The van der Waals surface area contributed by atoms with Gasteiger partial charge in [0.1, 0.15) is 17.0 Å². The second kappa shape index (κ2) is 11.6. The predicted octanol–water partition coefficient (Wildman–Crippen LogP) is 2.73. The van der Waals surface area contributed by atoms with Crippen LogP contribution in [0.1, 0.15) is 44.1 Å². The summed E-state index contributed by atoms with van der Waals surface area (Å²) < 4.78 is 7.97. The zero-order valence-electron chi connectivity index (χ0n) is 20.7. The van der Waals surface area contributed by atoms with Gasteiger partial charge in [-0.2, -0.15) is 0 Å². The predicted molar refractivity (Wildman–Crippen MR) is 139 cm³/mol. The minimum Gasteiger partial charge on any atom is -0.497 e. The summed E-state index contributed by atoms with van der Waals surface area (Å²) in [5.41, 5.74) is 0.362. The number of amides is 2. The van der Waals surface area contributed by atoms with Gasteiger partial charge in [-0.3, -0.25) is 23.5 Å². The van der Waals surface area contributed by atoms with Crippen molar-refractivity contribution in [3.05, 3.63) is 62.1 Å². The summed E-state index contributed by atoms with van der Waals surface area (Å²) in [4.78, 5) is 53.6. The van der Waals surface area contributed by atoms with E-state index < -0.39 is 11.2 Å². The van der Waals surface area contributed by atoms with Crippen molar-refractivity contribution in [2.75, 3.05) is 14.2 Å². The number of carbonyl (C=O) groups excluding carboxylic acids is 2. The minimum absolute atomic E-state index is 0.0297. The maximum Gasteiger partial charge on any atom is 0.332 e. The molecule has 4 rings (SSSR count). The van der Waals surface area contributed by atoms with Crippen LogP contribution >= 0.6 is 11.3 Å². The largest absolute Gasteiger partial charge is 0.497 e. The van der Waals surface area contributed by atoms with Crippen molar-refractivity contribution in [2.24, 2.45) is 0 Å². The quantitative estimate of drug-likeness (QED) is 0.475. The van der Waals surface area contributed by atoms with Gasteiger partial charge in [-0.1, -0.05) is 31.4 Å². The average Bonchev–Trinajstić information content (AvgIpc) is 3.40. The number of carbonyl (C=O) groups is 2. The Hall–Kier alpha value is -3.40. The smallest absolute Gasteiger partial charge is 0.332 e. The highest BCUT2D eigenvalue weighted by atomic mass is 32.1. The highest BCUT2D eigenvalue weighted by Gasteiger charge is 2.24. The molecule has 3 aromatic rings. The van der Waals surface area contributed by atoms with E-state index in [2.05, 4.69) is 5.32 Å². The van der Waals surface area contributed by atoms with E-state index in [9.17, 15) is 19.2 Å². The van der Waals surface area contributed by atoms with Crippen molar-refractivity contribution in [3.63, 3.8) is 0 Å². The standard InChI is InChI=1S/C26H32N4O5S/c1-28(19-6-4-3-5-7-19)23(32)17-30-21-13-15-36-24(21)25(33)29(26(30)34)14-12-22(31)27-16-18-8-10-20(35-2)11-9-18/h8-11,13,15,19H,3-7,12,14,16-17H2,1-2H3,(H,27,31). The minimum atomic E-state index is -0.570. The fraction of sp³-hybridized carbons (Fsp3) is 0.462. The molecular weight excluding hydrogens is 480 g/mol. The Morgan fingerprint density at radius 2 is 1.81 bits per heavy atom. The van der Waals surface area contributed by atoms with Gasteiger partial charge in [0.05, 0.1) is 12.6 Å². The van der Waals surface area contributed by atoms with Crippen molar-refractivity contribution in [1.29, 1.82) is 0 Å². The Morgan fingerprint density at radius 3 is 2.50 bits per heavy atom. The third-order valence-electron chi connectivity index (χ3n) is 6.86. The Morgan fingerprint density at radius 1 is 1.08 bits per heavy atom. The highest BCUT2D eigenvalue weighted by Crippen LogP contribution is 2.22. The summed E-state index contributed by atoms with van der Waals surface area (Å²) in [6.07, 6.45) is 5.29. The number of aromatic nitrogens is 2. The lowest BCUT2D eigenvalue weighted by atomic mass is 9.94. The lowest BCUT2D eigenvalue weighted by molar-refractivity contribution is -0.133. The summed E-state index contributed by atoms with van der Waals surface area (Å²) in [6, 6.07) is 9.21. The van der Waals surface area contributed by atoms with E-state index in [0.29, 0.717) is 16.8 Å². The molecule has 0 spiro atoms. The molecule has 0 aliphatic heterocycles. The second-order valence-corrected chi connectivity index (χ2v) is 10.0. The summed E-state index contributed by atoms with van der Waals surface area (Å²) in [7, 11) is 3.38. The van der Waals surface area contributed by atoms with E-state index in [-0.39, 0.29) is 37.4 Å². The molecule has 0 saturated heterocycles. The van der Waals surface area contributed by atoms with E-state index in [0.717, 1.165) is 41.6 Å². The second-order valence-electron chi connectivity index (χ2n) is 9.13. The van der Waals surface area contributed by atoms with E-state index >= 15 is 0 Å². The fourth-order valence-electron chi connectivity index (χ4n) is 4.65. The van der Waals surface area contributed by atoms with Crippen LogP contribution < -0.4 is 21.3 Å². The van der Waals surface area contributed by atoms with Crippen LogP contribution in [0.15, 0.2) is 45.3 Å². The van der Waals surface area contributed by atoms with Crippen LogP contribution in [0, 0.1) is 0 Å². The first-order valence-electron chi connectivity index (χ1n) is 12.2. The van der Waals surface area contributed by atoms with Crippen LogP contribution in [0.2, 0.25) is 0 Å². The van der Waals surface area contributed by atoms with Crippen molar-refractivity contribution in [2.45, 2.75) is 64.2 Å². The average molecular weight is 513 g/mol. The van der Waals surface area contributed by atoms with Gasteiger partial charge in [-0.25, -0.2) is 4.79 Å². The van der Waals surface area contributed by atoms with Gasteiger partial charge >= 0.3 is 5.69 Å². The molecule has 10 heteroatoms. The molecule has 1 saturated carbocycles. The zero-order chi connectivity index (χ0) is 25.7. The highest BCUT2D eigenvalue weighted by molar-refractivity contribution is 7.17. The van der Waals surface area contributed by atoms with Crippen LogP contribution in [0.25, 0.3) is 10.2 Å². The third-order valence-corrected chi connectivity index (χ3v) is 7.75. The molecule has 1 aliphatic carbocycles. The summed E-state index contributed by atoms with van der Waals surface area (Å²) in [5, 5.41) is 4.55. The SMILES string of the molecule is COc1ccc(CNC(=O)CCn2c(=O)c3sccc3n(CC(=O)N(C)C3CCCCC3)c2=O)cc1. The Kier molecular flexibility index (Phi) is 8.25. The van der Waals surface area contributed by atoms with Crippen LogP contribution in [0.5, 0.6) is 5.75 Å². The van der Waals surface area contributed by atoms with Gasteiger partial charge in [-0.15, -0.1) is 11.3 Å². The number of benzene rings is 1. The summed E-state index contributed by atoms with van der Waals surface area (Å²) in [6.45, 7) is 0.129. The van der Waals surface area contributed by atoms with Crippen LogP contribution in [0.4, 0.5) is 0 Å². The van der Waals surface area contributed by atoms with E-state index in [1.165, 1.54) is 22.3 Å². The van der Waals surface area contributed by atoms with Crippen molar-refractivity contribution in [1.82, 2.24) is 19.4 Å². The van der Waals surface area contributed by atoms with Crippen molar-refractivity contribution < 1.29 is 14.3 Å². The van der Waals surface area contributed by atoms with Gasteiger partial charge in [-0.05, 0) is 42.0 Å². The van der Waals surface area contributed by atoms with E-state index in [1.54, 1.807) is 30.5 Å². The normalized spacial score (nSPS) is 14.1. The number of rotatable bonds is 9. The Balaban J connectivity index is 1.47. The molecule has 0 atom stereocenters. The van der Waals surface area contributed by atoms with Gasteiger partial charge in [0.25, 0.3) is 5.56 Å². The van der Waals surface area contributed by atoms with Crippen LogP contribution in [0.3, 0.4) is 0 Å². The molecule has 2 aromatic heterocycles. The molecule has 0 bridgehead atoms. The molecule has 0 radical (unpaired) electrons. The zero-order valence-corrected chi connectivity index (χ0v) is 21.5. The number of likely N-dealkylation sites (N-methyl/N-ethyl adjacent to an activating group) is 1. The fourth-order valence-corrected chi connectivity index (χ4v) is 5.49. The lowest BCUT2D eigenvalue weighted by Crippen LogP contribution is -2.45. The molecule has 1 fully saturated rings. The number of thiophene rings is 1. The van der Waals surface area contributed by atoms with Gasteiger partial charge in [0.15, 0.2) is 0 Å². The topological polar surface area (TPSA) is 103 Å². The van der Waals surface area contributed by atoms with Gasteiger partial charge in [0.2, 0.25) is 11.8 Å². The molecule has 0 unspecified atom stereocenters. The molecule has 1 aliphatic rings. The number of ether oxygens (including phenoxy) is 1. The maximum absolute atomic E-state index is 13.3. The first-order valence-corrected chi connectivity index (χ1v) is 13.1.